The van der Waals surface area contributed by atoms with Crippen molar-refractivity contribution in [3.05, 3.63) is 59.2 Å². The first-order valence-corrected chi connectivity index (χ1v) is 8.28. The fraction of sp³-hybridized carbons (Fsp3) is 0.300. The summed E-state index contributed by atoms with van der Waals surface area (Å²) in [5.74, 6) is 1.47. The van der Waals surface area contributed by atoms with Gasteiger partial charge in [0.2, 0.25) is 5.91 Å². The monoisotopic (exact) mass is 340 g/mol. The number of amides is 1. The lowest BCUT2D eigenvalue weighted by Gasteiger charge is -2.13. The first-order valence-electron chi connectivity index (χ1n) is 8.28. The minimum atomic E-state index is -0.210. The SMILES string of the molecule is CC(=O)N/N=C/c1ccccc1OCCCOc1c(C)cccc1C. The lowest BCUT2D eigenvalue weighted by atomic mass is 10.1. The molecular weight excluding hydrogens is 316 g/mol. The summed E-state index contributed by atoms with van der Waals surface area (Å²) < 4.78 is 11.7. The molecule has 5 heteroatoms. The summed E-state index contributed by atoms with van der Waals surface area (Å²) in [6.45, 7) is 6.63. The van der Waals surface area contributed by atoms with Crippen LogP contribution in [0.2, 0.25) is 0 Å². The summed E-state index contributed by atoms with van der Waals surface area (Å²) in [6, 6.07) is 13.7. The van der Waals surface area contributed by atoms with E-state index in [2.05, 4.69) is 10.5 Å². The van der Waals surface area contributed by atoms with E-state index in [1.807, 2.05) is 56.3 Å². The van der Waals surface area contributed by atoms with Crippen LogP contribution in [-0.2, 0) is 4.79 Å². The molecule has 0 saturated heterocycles. The molecule has 0 unspecified atom stereocenters. The molecule has 2 rings (SSSR count). The quantitative estimate of drug-likeness (QED) is 0.453. The number of ether oxygens (including phenoxy) is 2. The van der Waals surface area contributed by atoms with Crippen molar-refractivity contribution >= 4 is 12.1 Å². The van der Waals surface area contributed by atoms with Crippen LogP contribution in [0.15, 0.2) is 47.6 Å². The van der Waals surface area contributed by atoms with Gasteiger partial charge in [0.05, 0.1) is 19.4 Å². The topological polar surface area (TPSA) is 59.9 Å². The van der Waals surface area contributed by atoms with Gasteiger partial charge in [-0.05, 0) is 37.1 Å². The Labute approximate surface area is 148 Å². The van der Waals surface area contributed by atoms with E-state index >= 15 is 0 Å². The Morgan fingerprint density at radius 2 is 1.72 bits per heavy atom. The van der Waals surface area contributed by atoms with Gasteiger partial charge in [0, 0.05) is 18.9 Å². The predicted molar refractivity (Wildman–Crippen MR) is 99.4 cm³/mol. The second-order valence-corrected chi connectivity index (χ2v) is 5.74. The second kappa shape index (κ2) is 9.47. The molecule has 0 aromatic heterocycles. The number of hydrogen-bond acceptors (Lipinski definition) is 4. The van der Waals surface area contributed by atoms with Crippen molar-refractivity contribution in [3.63, 3.8) is 0 Å². The van der Waals surface area contributed by atoms with E-state index in [-0.39, 0.29) is 5.91 Å². The Kier molecular flexibility index (Phi) is 7.01. The Bertz CT molecular complexity index is 721. The molecule has 0 aliphatic heterocycles. The van der Waals surface area contributed by atoms with Crippen molar-refractivity contribution < 1.29 is 14.3 Å². The van der Waals surface area contributed by atoms with E-state index in [4.69, 9.17) is 9.47 Å². The normalized spacial score (nSPS) is 10.7. The van der Waals surface area contributed by atoms with Gasteiger partial charge in [-0.2, -0.15) is 5.10 Å². The number of aryl methyl sites for hydroxylation is 2. The molecule has 25 heavy (non-hydrogen) atoms. The van der Waals surface area contributed by atoms with Gasteiger partial charge in [0.15, 0.2) is 0 Å². The molecule has 0 bridgehead atoms. The fourth-order valence-electron chi connectivity index (χ4n) is 2.35. The Hall–Kier alpha value is -2.82. The Balaban J connectivity index is 1.82. The average Bonchev–Trinajstić information content (AvgIpc) is 2.58. The van der Waals surface area contributed by atoms with Gasteiger partial charge >= 0.3 is 0 Å². The van der Waals surface area contributed by atoms with Gasteiger partial charge < -0.3 is 9.47 Å². The smallest absolute Gasteiger partial charge is 0.236 e. The molecule has 0 radical (unpaired) electrons. The van der Waals surface area contributed by atoms with Crippen molar-refractivity contribution in [2.75, 3.05) is 13.2 Å². The highest BCUT2D eigenvalue weighted by Crippen LogP contribution is 2.22. The van der Waals surface area contributed by atoms with Crippen LogP contribution >= 0.6 is 0 Å². The molecular formula is C20H24N2O3. The van der Waals surface area contributed by atoms with Crippen LogP contribution in [-0.4, -0.2) is 25.3 Å². The number of carbonyl (C=O) groups excluding carboxylic acids is 1. The van der Waals surface area contributed by atoms with E-state index in [0.29, 0.717) is 13.2 Å². The maximum atomic E-state index is 10.9. The zero-order valence-electron chi connectivity index (χ0n) is 14.9. The molecule has 0 heterocycles. The van der Waals surface area contributed by atoms with Gasteiger partial charge in [-0.1, -0.05) is 30.3 Å². The molecule has 2 aromatic carbocycles. The summed E-state index contributed by atoms with van der Waals surface area (Å²) in [6.07, 6.45) is 2.34. The van der Waals surface area contributed by atoms with E-state index in [9.17, 15) is 4.79 Å². The van der Waals surface area contributed by atoms with Crippen LogP contribution in [0.25, 0.3) is 0 Å². The molecule has 1 N–H and O–H groups in total. The Morgan fingerprint density at radius 1 is 1.04 bits per heavy atom. The molecule has 1 amide bonds. The number of nitrogens with one attached hydrogen (secondary N) is 1. The lowest BCUT2D eigenvalue weighted by molar-refractivity contribution is -0.118. The summed E-state index contributed by atoms with van der Waals surface area (Å²) in [7, 11) is 0. The van der Waals surface area contributed by atoms with Crippen molar-refractivity contribution in [2.24, 2.45) is 5.10 Å². The summed E-state index contributed by atoms with van der Waals surface area (Å²) >= 11 is 0. The van der Waals surface area contributed by atoms with Crippen molar-refractivity contribution in [1.82, 2.24) is 5.43 Å². The fourth-order valence-corrected chi connectivity index (χ4v) is 2.35. The van der Waals surface area contributed by atoms with Crippen LogP contribution in [0.3, 0.4) is 0 Å². The highest BCUT2D eigenvalue weighted by Gasteiger charge is 2.04. The van der Waals surface area contributed by atoms with E-state index in [1.54, 1.807) is 6.21 Å². The molecule has 0 aliphatic carbocycles. The molecule has 0 spiro atoms. The number of nitrogens with zero attached hydrogens (tertiary/aromatic N) is 1. The third-order valence-electron chi connectivity index (χ3n) is 3.55. The van der Waals surface area contributed by atoms with Gasteiger partial charge in [-0.25, -0.2) is 5.43 Å². The first-order chi connectivity index (χ1) is 12.1. The van der Waals surface area contributed by atoms with Gasteiger partial charge in [0.1, 0.15) is 11.5 Å². The number of hydrazone groups is 1. The molecule has 5 nitrogen and oxygen atoms in total. The van der Waals surface area contributed by atoms with Crippen LogP contribution in [0.1, 0.15) is 30.0 Å². The van der Waals surface area contributed by atoms with Crippen LogP contribution in [0.5, 0.6) is 11.5 Å². The molecule has 2 aromatic rings. The largest absolute Gasteiger partial charge is 0.493 e. The molecule has 0 aliphatic rings. The summed E-state index contributed by atoms with van der Waals surface area (Å²) in [5.41, 5.74) is 5.47. The van der Waals surface area contributed by atoms with E-state index in [1.165, 1.54) is 6.92 Å². The van der Waals surface area contributed by atoms with Gasteiger partial charge in [-0.15, -0.1) is 0 Å². The number of rotatable bonds is 8. The second-order valence-electron chi connectivity index (χ2n) is 5.74. The van der Waals surface area contributed by atoms with Crippen LogP contribution in [0.4, 0.5) is 0 Å². The minimum absolute atomic E-state index is 0.210. The maximum absolute atomic E-state index is 10.9. The average molecular weight is 340 g/mol. The van der Waals surface area contributed by atoms with Crippen molar-refractivity contribution in [2.45, 2.75) is 27.2 Å². The zero-order chi connectivity index (χ0) is 18.1. The third kappa shape index (κ3) is 5.95. The van der Waals surface area contributed by atoms with E-state index in [0.717, 1.165) is 34.6 Å². The zero-order valence-corrected chi connectivity index (χ0v) is 14.9. The maximum Gasteiger partial charge on any atom is 0.236 e. The Morgan fingerprint density at radius 3 is 2.44 bits per heavy atom. The molecule has 132 valence electrons. The van der Waals surface area contributed by atoms with Crippen LogP contribution in [0, 0.1) is 13.8 Å². The number of benzene rings is 2. The molecule has 0 atom stereocenters. The lowest BCUT2D eigenvalue weighted by Crippen LogP contribution is -2.12. The number of hydrogen-bond donors (Lipinski definition) is 1. The number of para-hydroxylation sites is 2. The first kappa shape index (κ1) is 18.5. The number of carbonyl (C=O) groups is 1. The third-order valence-corrected chi connectivity index (χ3v) is 3.55. The van der Waals surface area contributed by atoms with Crippen molar-refractivity contribution in [1.29, 1.82) is 0 Å². The standard InChI is InChI=1S/C20H24N2O3/c1-15-8-6-9-16(2)20(15)25-13-7-12-24-19-11-5-4-10-18(19)14-21-22-17(3)23/h4-6,8-11,14H,7,12-13H2,1-3H3,(H,22,23)/b21-14+. The minimum Gasteiger partial charge on any atom is -0.493 e. The predicted octanol–water partition coefficient (Wildman–Crippen LogP) is 3.62. The van der Waals surface area contributed by atoms with Crippen molar-refractivity contribution in [3.8, 4) is 11.5 Å². The van der Waals surface area contributed by atoms with Gasteiger partial charge in [0.25, 0.3) is 0 Å². The summed E-state index contributed by atoms with van der Waals surface area (Å²) in [4.78, 5) is 10.9. The van der Waals surface area contributed by atoms with Crippen LogP contribution < -0.4 is 14.9 Å². The highest BCUT2D eigenvalue weighted by molar-refractivity contribution is 5.84. The highest BCUT2D eigenvalue weighted by atomic mass is 16.5. The molecule has 0 fully saturated rings. The molecule has 0 saturated carbocycles. The summed E-state index contributed by atoms with van der Waals surface area (Å²) in [5, 5.41) is 3.88. The van der Waals surface area contributed by atoms with E-state index < -0.39 is 0 Å². The van der Waals surface area contributed by atoms with Gasteiger partial charge in [-0.3, -0.25) is 4.79 Å².